The average molecular weight is 206 g/mol. The molecule has 80 valence electrons. The summed E-state index contributed by atoms with van der Waals surface area (Å²) in [5.74, 6) is -0.295. The molecule has 0 aromatic rings. The van der Waals surface area contributed by atoms with Crippen molar-refractivity contribution in [2.45, 2.75) is 38.2 Å². The van der Waals surface area contributed by atoms with Crippen molar-refractivity contribution in [2.24, 2.45) is 0 Å². The van der Waals surface area contributed by atoms with Crippen LogP contribution in [0.3, 0.4) is 0 Å². The van der Waals surface area contributed by atoms with E-state index in [0.29, 0.717) is 0 Å². The Morgan fingerprint density at radius 2 is 2.27 bits per heavy atom. The largest absolute Gasteiger partial charge is 0.450 e. The minimum atomic E-state index is -0.613. The third-order valence-electron chi connectivity index (χ3n) is 2.95. The second-order valence-corrected chi connectivity index (χ2v) is 4.10. The lowest BCUT2D eigenvalue weighted by molar-refractivity contribution is -0.151. The number of allylic oxidation sites excluding steroid dienone is 2. The Kier molecular flexibility index (Phi) is 2.47. The van der Waals surface area contributed by atoms with Crippen LogP contribution in [0.15, 0.2) is 23.8 Å². The molecule has 1 saturated carbocycles. The molecule has 0 aliphatic heterocycles. The van der Waals surface area contributed by atoms with Crippen molar-refractivity contribution in [3.63, 3.8) is 0 Å². The molecule has 1 fully saturated rings. The van der Waals surface area contributed by atoms with Gasteiger partial charge in [-0.3, -0.25) is 9.59 Å². The zero-order valence-corrected chi connectivity index (χ0v) is 8.79. The van der Waals surface area contributed by atoms with Gasteiger partial charge in [-0.2, -0.15) is 0 Å². The number of esters is 1. The lowest BCUT2D eigenvalue weighted by Gasteiger charge is -2.37. The van der Waals surface area contributed by atoms with Gasteiger partial charge in [-0.25, -0.2) is 0 Å². The van der Waals surface area contributed by atoms with Crippen molar-refractivity contribution in [1.29, 1.82) is 0 Å². The molecule has 0 bridgehead atoms. The first-order chi connectivity index (χ1) is 7.12. The van der Waals surface area contributed by atoms with E-state index in [0.717, 1.165) is 31.3 Å². The number of ketones is 1. The van der Waals surface area contributed by atoms with Gasteiger partial charge in [-0.15, -0.1) is 0 Å². The van der Waals surface area contributed by atoms with E-state index in [2.05, 4.69) is 0 Å². The molecule has 0 saturated heterocycles. The second kappa shape index (κ2) is 3.65. The molecule has 0 spiro atoms. The van der Waals surface area contributed by atoms with Crippen LogP contribution in [0.2, 0.25) is 0 Å². The van der Waals surface area contributed by atoms with Gasteiger partial charge in [0, 0.05) is 6.92 Å². The average Bonchev–Trinajstić information content (AvgIpc) is 2.17. The van der Waals surface area contributed by atoms with Gasteiger partial charge in [-0.05, 0) is 49.5 Å². The molecule has 0 heterocycles. The molecule has 2 aliphatic rings. The molecule has 1 atom stereocenters. The molecular formula is C12H14O3. The molecule has 2 rings (SSSR count). The smallest absolute Gasteiger partial charge is 0.303 e. The number of ether oxygens (including phenoxy) is 1. The first-order valence-electron chi connectivity index (χ1n) is 5.26. The quantitative estimate of drug-likeness (QED) is 0.616. The minimum absolute atomic E-state index is 0.00493. The number of carbonyl (C=O) groups excluding carboxylic acids is 2. The number of rotatable bonds is 1. The fraction of sp³-hybridized carbons (Fsp3) is 0.500. The summed E-state index contributed by atoms with van der Waals surface area (Å²) in [4.78, 5) is 22.3. The zero-order valence-electron chi connectivity index (χ0n) is 8.79. The summed E-state index contributed by atoms with van der Waals surface area (Å²) in [6.07, 6.45) is 8.59. The maximum absolute atomic E-state index is 11.2. The van der Waals surface area contributed by atoms with E-state index >= 15 is 0 Å². The topological polar surface area (TPSA) is 43.4 Å². The minimum Gasteiger partial charge on any atom is -0.450 e. The highest BCUT2D eigenvalue weighted by molar-refractivity contribution is 6.01. The number of carbonyl (C=O) groups is 2. The van der Waals surface area contributed by atoms with Crippen LogP contribution in [0.5, 0.6) is 0 Å². The summed E-state index contributed by atoms with van der Waals surface area (Å²) in [7, 11) is 0. The van der Waals surface area contributed by atoms with E-state index < -0.39 is 5.60 Å². The monoisotopic (exact) mass is 206 g/mol. The van der Waals surface area contributed by atoms with Crippen molar-refractivity contribution < 1.29 is 14.3 Å². The molecule has 0 amide bonds. The Morgan fingerprint density at radius 1 is 1.47 bits per heavy atom. The standard InChI is InChI=1S/C12H14O3/c1-9(13)15-12-6-3-2-4-10(12)8-11(14)5-7-12/h5,7-8H,2-4,6H2,1H3/t12-/m1/s1. The van der Waals surface area contributed by atoms with E-state index in [1.54, 1.807) is 12.2 Å². The van der Waals surface area contributed by atoms with Crippen LogP contribution in [-0.2, 0) is 14.3 Å². The van der Waals surface area contributed by atoms with Gasteiger partial charge in [-0.1, -0.05) is 0 Å². The van der Waals surface area contributed by atoms with Crippen molar-refractivity contribution in [3.05, 3.63) is 23.8 Å². The molecule has 0 aromatic heterocycles. The van der Waals surface area contributed by atoms with Crippen LogP contribution in [0.4, 0.5) is 0 Å². The maximum atomic E-state index is 11.2. The Labute approximate surface area is 88.8 Å². The first-order valence-corrected chi connectivity index (χ1v) is 5.26. The molecule has 0 aromatic carbocycles. The zero-order chi connectivity index (χ0) is 10.9. The van der Waals surface area contributed by atoms with E-state index in [1.165, 1.54) is 13.0 Å². The number of hydrogen-bond donors (Lipinski definition) is 0. The SMILES string of the molecule is CC(=O)O[C@]12C=CC(=O)C=C1CCCC2. The lowest BCUT2D eigenvalue weighted by Crippen LogP contribution is -2.39. The summed E-state index contributed by atoms with van der Waals surface area (Å²) in [5.41, 5.74) is 0.342. The Morgan fingerprint density at radius 3 is 3.00 bits per heavy atom. The summed E-state index contributed by atoms with van der Waals surface area (Å²) in [5, 5.41) is 0. The van der Waals surface area contributed by atoms with Gasteiger partial charge in [0.05, 0.1) is 0 Å². The third-order valence-corrected chi connectivity index (χ3v) is 2.95. The predicted octanol–water partition coefficient (Wildman–Crippen LogP) is 1.93. The lowest BCUT2D eigenvalue weighted by atomic mass is 9.77. The summed E-state index contributed by atoms with van der Waals surface area (Å²) in [6.45, 7) is 1.41. The molecular weight excluding hydrogens is 192 g/mol. The molecule has 15 heavy (non-hydrogen) atoms. The maximum Gasteiger partial charge on any atom is 0.303 e. The summed E-state index contributed by atoms with van der Waals surface area (Å²) < 4.78 is 5.38. The Hall–Kier alpha value is -1.38. The van der Waals surface area contributed by atoms with E-state index in [4.69, 9.17) is 4.74 Å². The second-order valence-electron chi connectivity index (χ2n) is 4.10. The van der Waals surface area contributed by atoms with Gasteiger partial charge in [0.15, 0.2) is 11.4 Å². The summed E-state index contributed by atoms with van der Waals surface area (Å²) in [6, 6.07) is 0. The van der Waals surface area contributed by atoms with E-state index in [-0.39, 0.29) is 11.8 Å². The highest BCUT2D eigenvalue weighted by Crippen LogP contribution is 2.39. The third kappa shape index (κ3) is 1.87. The number of hydrogen-bond acceptors (Lipinski definition) is 3. The fourth-order valence-electron chi connectivity index (χ4n) is 2.30. The highest BCUT2D eigenvalue weighted by atomic mass is 16.6. The van der Waals surface area contributed by atoms with Crippen molar-refractivity contribution in [1.82, 2.24) is 0 Å². The molecule has 0 N–H and O–H groups in total. The molecule has 2 aliphatic carbocycles. The van der Waals surface area contributed by atoms with Crippen molar-refractivity contribution in [2.75, 3.05) is 0 Å². The van der Waals surface area contributed by atoms with Gasteiger partial charge in [0.2, 0.25) is 0 Å². The molecule has 3 nitrogen and oxygen atoms in total. The number of fused-ring (bicyclic) bond motifs is 1. The normalized spacial score (nSPS) is 29.4. The van der Waals surface area contributed by atoms with Crippen LogP contribution in [0, 0.1) is 0 Å². The predicted molar refractivity (Wildman–Crippen MR) is 55.2 cm³/mol. The van der Waals surface area contributed by atoms with Crippen LogP contribution in [0.25, 0.3) is 0 Å². The molecule has 0 radical (unpaired) electrons. The van der Waals surface area contributed by atoms with Gasteiger partial charge >= 0.3 is 5.97 Å². The summed E-state index contributed by atoms with van der Waals surface area (Å²) >= 11 is 0. The van der Waals surface area contributed by atoms with Crippen LogP contribution < -0.4 is 0 Å². The van der Waals surface area contributed by atoms with E-state index in [9.17, 15) is 9.59 Å². The first kappa shape index (κ1) is 10.1. The van der Waals surface area contributed by atoms with Crippen LogP contribution >= 0.6 is 0 Å². The van der Waals surface area contributed by atoms with Gasteiger partial charge < -0.3 is 4.74 Å². The van der Waals surface area contributed by atoms with Crippen molar-refractivity contribution >= 4 is 11.8 Å². The Bertz CT molecular complexity index is 365. The van der Waals surface area contributed by atoms with Crippen LogP contribution in [0.1, 0.15) is 32.6 Å². The van der Waals surface area contributed by atoms with Crippen LogP contribution in [-0.4, -0.2) is 17.4 Å². The van der Waals surface area contributed by atoms with E-state index in [1.807, 2.05) is 0 Å². The Balaban J connectivity index is 2.32. The molecule has 3 heteroatoms. The van der Waals surface area contributed by atoms with Crippen molar-refractivity contribution in [3.8, 4) is 0 Å². The fourth-order valence-corrected chi connectivity index (χ4v) is 2.30. The van der Waals surface area contributed by atoms with Gasteiger partial charge in [0.1, 0.15) is 0 Å². The van der Waals surface area contributed by atoms with Gasteiger partial charge in [0.25, 0.3) is 0 Å². The molecule has 0 unspecified atom stereocenters. The highest BCUT2D eigenvalue weighted by Gasteiger charge is 2.39.